The highest BCUT2D eigenvalue weighted by atomic mass is 32.2. The molecule has 8 nitrogen and oxygen atoms in total. The minimum atomic E-state index is -3.74. The van der Waals surface area contributed by atoms with Crippen LogP contribution in [0.3, 0.4) is 0 Å². The molecule has 1 saturated heterocycles. The fourth-order valence-corrected chi connectivity index (χ4v) is 3.51. The summed E-state index contributed by atoms with van der Waals surface area (Å²) in [6, 6.07) is 1.92. The molecule has 1 aromatic rings. The molecule has 1 unspecified atom stereocenters. The molecule has 1 aromatic heterocycles. The number of rotatable bonds is 4. The summed E-state index contributed by atoms with van der Waals surface area (Å²) in [6.07, 6.45) is 1.52. The second-order valence-electron chi connectivity index (χ2n) is 4.49. The number of hydrogen-bond acceptors (Lipinski definition) is 6. The van der Waals surface area contributed by atoms with Gasteiger partial charge in [0.15, 0.2) is 11.9 Å². The zero-order valence-electron chi connectivity index (χ0n) is 11.2. The van der Waals surface area contributed by atoms with Crippen LogP contribution in [0, 0.1) is 11.3 Å². The van der Waals surface area contributed by atoms with Crippen molar-refractivity contribution in [1.29, 1.82) is 5.26 Å². The highest BCUT2D eigenvalue weighted by Gasteiger charge is 2.33. The van der Waals surface area contributed by atoms with Gasteiger partial charge < -0.3 is 10.5 Å². The number of nitrogens with zero attached hydrogens (tertiary/aromatic N) is 4. The third-order valence-corrected chi connectivity index (χ3v) is 4.88. The Morgan fingerprint density at radius 3 is 3.05 bits per heavy atom. The molecule has 20 heavy (non-hydrogen) atoms. The van der Waals surface area contributed by atoms with Gasteiger partial charge in [0.2, 0.25) is 10.0 Å². The first-order chi connectivity index (χ1) is 9.48. The van der Waals surface area contributed by atoms with Gasteiger partial charge in [0.25, 0.3) is 0 Å². The number of hydrogen-bond donors (Lipinski definition) is 1. The average molecular weight is 299 g/mol. The van der Waals surface area contributed by atoms with Crippen molar-refractivity contribution in [2.75, 3.05) is 25.4 Å². The maximum atomic E-state index is 12.5. The van der Waals surface area contributed by atoms with E-state index in [-0.39, 0.29) is 30.4 Å². The van der Waals surface area contributed by atoms with Gasteiger partial charge in [0.1, 0.15) is 4.90 Å². The molecule has 0 aliphatic carbocycles. The summed E-state index contributed by atoms with van der Waals surface area (Å²) < 4.78 is 32.9. The fraction of sp³-hybridized carbons (Fsp3) is 0.636. The molecule has 1 atom stereocenters. The molecule has 2 N–H and O–H groups in total. The van der Waals surface area contributed by atoms with Gasteiger partial charge in [-0.2, -0.15) is 14.7 Å². The lowest BCUT2D eigenvalue weighted by molar-refractivity contribution is 0.0311. The molecule has 0 aromatic carbocycles. The Morgan fingerprint density at radius 2 is 2.40 bits per heavy atom. The van der Waals surface area contributed by atoms with E-state index in [0.717, 1.165) is 6.42 Å². The number of ether oxygens (including phenoxy) is 1. The summed E-state index contributed by atoms with van der Waals surface area (Å²) in [4.78, 5) is -0.00969. The number of aryl methyl sites for hydroxylation is 1. The van der Waals surface area contributed by atoms with Gasteiger partial charge in [-0.15, -0.1) is 0 Å². The molecule has 2 heterocycles. The normalized spacial score (nSPS) is 20.7. The molecule has 1 fully saturated rings. The molecular weight excluding hydrogens is 282 g/mol. The van der Waals surface area contributed by atoms with Crippen molar-refractivity contribution in [3.63, 3.8) is 0 Å². The Bertz CT molecular complexity index is 618. The summed E-state index contributed by atoms with van der Waals surface area (Å²) in [7, 11) is -3.74. The standard InChI is InChI=1S/C11H17N5O3S/c1-2-3-15-8-10(11(13)14-15)20(17,18)16-4-5-19-9(6-12)7-16/h8-9H,2-5,7H2,1H3,(H2,13,14). The summed E-state index contributed by atoms with van der Waals surface area (Å²) >= 11 is 0. The van der Waals surface area contributed by atoms with Crippen LogP contribution in [0.15, 0.2) is 11.1 Å². The minimum absolute atomic E-state index is 0.00969. The monoisotopic (exact) mass is 299 g/mol. The Labute approximate surface area is 117 Å². The van der Waals surface area contributed by atoms with Crippen molar-refractivity contribution in [2.45, 2.75) is 30.9 Å². The van der Waals surface area contributed by atoms with Crippen LogP contribution in [0.1, 0.15) is 13.3 Å². The molecule has 0 bridgehead atoms. The quantitative estimate of drug-likeness (QED) is 0.822. The number of aromatic nitrogens is 2. The Morgan fingerprint density at radius 1 is 1.65 bits per heavy atom. The lowest BCUT2D eigenvalue weighted by Crippen LogP contribution is -2.45. The summed E-state index contributed by atoms with van der Waals surface area (Å²) in [6.45, 7) is 2.98. The SMILES string of the molecule is CCCn1cc(S(=O)(=O)N2CCOC(C#N)C2)c(N)n1. The van der Waals surface area contributed by atoms with Gasteiger partial charge >= 0.3 is 0 Å². The van der Waals surface area contributed by atoms with E-state index in [1.165, 1.54) is 15.2 Å². The summed E-state index contributed by atoms with van der Waals surface area (Å²) in [5, 5.41) is 12.8. The molecule has 0 spiro atoms. The predicted molar refractivity (Wildman–Crippen MR) is 71.0 cm³/mol. The van der Waals surface area contributed by atoms with Crippen LogP contribution in [-0.4, -0.2) is 48.3 Å². The number of sulfonamides is 1. The molecule has 2 rings (SSSR count). The molecule has 1 aliphatic rings. The number of nitrogens with two attached hydrogens (primary N) is 1. The van der Waals surface area contributed by atoms with E-state index in [2.05, 4.69) is 5.10 Å². The van der Waals surface area contributed by atoms with Gasteiger partial charge in [-0.1, -0.05) is 6.92 Å². The second-order valence-corrected chi connectivity index (χ2v) is 6.40. The van der Waals surface area contributed by atoms with Gasteiger partial charge in [-0.05, 0) is 6.42 Å². The zero-order chi connectivity index (χ0) is 14.8. The maximum Gasteiger partial charge on any atom is 0.248 e. The number of morpholine rings is 1. The first-order valence-corrected chi connectivity index (χ1v) is 7.77. The van der Waals surface area contributed by atoms with E-state index >= 15 is 0 Å². The van der Waals surface area contributed by atoms with E-state index in [0.29, 0.717) is 6.54 Å². The summed E-state index contributed by atoms with van der Waals surface area (Å²) in [5.74, 6) is -0.0153. The second kappa shape index (κ2) is 5.78. The number of nitrogen functional groups attached to an aromatic ring is 1. The molecule has 9 heteroatoms. The van der Waals surface area contributed by atoms with Gasteiger partial charge in [0, 0.05) is 19.3 Å². The average Bonchev–Trinajstić information content (AvgIpc) is 2.81. The van der Waals surface area contributed by atoms with Gasteiger partial charge in [-0.25, -0.2) is 8.42 Å². The zero-order valence-corrected chi connectivity index (χ0v) is 12.0. The van der Waals surface area contributed by atoms with E-state index in [4.69, 9.17) is 15.7 Å². The third kappa shape index (κ3) is 2.77. The fourth-order valence-electron chi connectivity index (χ4n) is 2.02. The van der Waals surface area contributed by atoms with Crippen molar-refractivity contribution in [3.8, 4) is 6.07 Å². The van der Waals surface area contributed by atoms with Crippen molar-refractivity contribution >= 4 is 15.8 Å². The Hall–Kier alpha value is -1.63. The summed E-state index contributed by atoms with van der Waals surface area (Å²) in [5.41, 5.74) is 5.70. The lowest BCUT2D eigenvalue weighted by Gasteiger charge is -2.28. The van der Waals surface area contributed by atoms with E-state index < -0.39 is 16.1 Å². The van der Waals surface area contributed by atoms with Crippen LogP contribution < -0.4 is 5.73 Å². The lowest BCUT2D eigenvalue weighted by atomic mass is 10.3. The van der Waals surface area contributed by atoms with E-state index in [1.54, 1.807) is 0 Å². The van der Waals surface area contributed by atoms with Crippen molar-refractivity contribution in [2.24, 2.45) is 0 Å². The third-order valence-electron chi connectivity index (χ3n) is 3.00. The maximum absolute atomic E-state index is 12.5. The minimum Gasteiger partial charge on any atom is -0.381 e. The predicted octanol–water partition coefficient (Wildman–Crippen LogP) is -0.212. The highest BCUT2D eigenvalue weighted by Crippen LogP contribution is 2.23. The van der Waals surface area contributed by atoms with Crippen LogP contribution in [0.5, 0.6) is 0 Å². The van der Waals surface area contributed by atoms with Crippen LogP contribution >= 0.6 is 0 Å². The van der Waals surface area contributed by atoms with Crippen LogP contribution in [-0.2, 0) is 21.3 Å². The number of nitriles is 1. The molecule has 0 radical (unpaired) electrons. The van der Waals surface area contributed by atoms with Gasteiger partial charge in [-0.3, -0.25) is 4.68 Å². The molecule has 1 aliphatic heterocycles. The first kappa shape index (κ1) is 14.8. The van der Waals surface area contributed by atoms with Crippen molar-refractivity contribution in [1.82, 2.24) is 14.1 Å². The van der Waals surface area contributed by atoms with Crippen LogP contribution in [0.25, 0.3) is 0 Å². The topological polar surface area (TPSA) is 114 Å². The smallest absolute Gasteiger partial charge is 0.248 e. The Kier molecular flexibility index (Phi) is 4.27. The largest absolute Gasteiger partial charge is 0.381 e. The Balaban J connectivity index is 2.28. The number of anilines is 1. The van der Waals surface area contributed by atoms with E-state index in [1.807, 2.05) is 13.0 Å². The van der Waals surface area contributed by atoms with Crippen LogP contribution in [0.4, 0.5) is 5.82 Å². The van der Waals surface area contributed by atoms with Crippen molar-refractivity contribution < 1.29 is 13.2 Å². The molecule has 0 saturated carbocycles. The van der Waals surface area contributed by atoms with E-state index in [9.17, 15) is 8.42 Å². The molecule has 110 valence electrons. The highest BCUT2D eigenvalue weighted by molar-refractivity contribution is 7.89. The van der Waals surface area contributed by atoms with Gasteiger partial charge in [0.05, 0.1) is 19.2 Å². The van der Waals surface area contributed by atoms with Crippen LogP contribution in [0.2, 0.25) is 0 Å². The molecular formula is C11H17N5O3S. The first-order valence-electron chi connectivity index (χ1n) is 6.33. The van der Waals surface area contributed by atoms with Crippen molar-refractivity contribution in [3.05, 3.63) is 6.20 Å². The molecule has 0 amide bonds.